The maximum atomic E-state index is 10.9. The van der Waals surface area contributed by atoms with Gasteiger partial charge in [0.1, 0.15) is 6.04 Å². The van der Waals surface area contributed by atoms with Crippen molar-refractivity contribution in [1.29, 1.82) is 0 Å². The summed E-state index contributed by atoms with van der Waals surface area (Å²) in [5.41, 5.74) is 0.475. The zero-order valence-corrected chi connectivity index (χ0v) is 9.40. The van der Waals surface area contributed by atoms with Crippen LogP contribution in [0.1, 0.15) is 20.8 Å². The van der Waals surface area contributed by atoms with Gasteiger partial charge < -0.3 is 15.2 Å². The molecule has 0 unspecified atom stereocenters. The van der Waals surface area contributed by atoms with Crippen LogP contribution in [-0.4, -0.2) is 30.2 Å². The van der Waals surface area contributed by atoms with E-state index in [2.05, 4.69) is 10.1 Å². The van der Waals surface area contributed by atoms with E-state index in [4.69, 9.17) is 5.11 Å². The monoisotopic (exact) mass is 215 g/mol. The highest BCUT2D eigenvalue weighted by molar-refractivity contribution is 5.82. The topological polar surface area (TPSA) is 75.6 Å². The molecule has 0 aliphatic carbocycles. The molecule has 2 N–H and O–H groups in total. The zero-order valence-electron chi connectivity index (χ0n) is 9.40. The summed E-state index contributed by atoms with van der Waals surface area (Å²) in [4.78, 5) is 21.7. The number of esters is 1. The van der Waals surface area contributed by atoms with Crippen molar-refractivity contribution >= 4 is 11.9 Å². The number of methoxy groups -OCH3 is 1. The Hall–Kier alpha value is -1.52. The number of nitrogens with one attached hydrogen (secondary N) is 1. The Morgan fingerprint density at radius 2 is 1.93 bits per heavy atom. The summed E-state index contributed by atoms with van der Waals surface area (Å²) < 4.78 is 4.42. The minimum absolute atomic E-state index is 0.0662. The van der Waals surface area contributed by atoms with Gasteiger partial charge >= 0.3 is 11.9 Å². The van der Waals surface area contributed by atoms with Crippen molar-refractivity contribution in [2.24, 2.45) is 5.92 Å². The molecule has 0 saturated carbocycles. The summed E-state index contributed by atoms with van der Waals surface area (Å²) in [6, 6.07) is -0.703. The third kappa shape index (κ3) is 5.05. The van der Waals surface area contributed by atoms with E-state index >= 15 is 0 Å². The lowest BCUT2D eigenvalue weighted by Gasteiger charge is -2.19. The molecule has 0 spiro atoms. The van der Waals surface area contributed by atoms with Gasteiger partial charge in [0, 0.05) is 11.8 Å². The fourth-order valence-electron chi connectivity index (χ4n) is 1.04. The Bertz CT molecular complexity index is 271. The van der Waals surface area contributed by atoms with Gasteiger partial charge in [0.25, 0.3) is 0 Å². The predicted octanol–water partition coefficient (Wildman–Crippen LogP) is 0.762. The van der Waals surface area contributed by atoms with Crippen LogP contribution in [0.4, 0.5) is 0 Å². The molecule has 0 fully saturated rings. The molecule has 15 heavy (non-hydrogen) atoms. The number of rotatable bonds is 5. The van der Waals surface area contributed by atoms with Crippen LogP contribution in [0.25, 0.3) is 0 Å². The molecule has 0 rings (SSSR count). The highest BCUT2D eigenvalue weighted by atomic mass is 16.5. The summed E-state index contributed by atoms with van der Waals surface area (Å²) in [7, 11) is 1.27. The summed E-state index contributed by atoms with van der Waals surface area (Å²) in [6.45, 7) is 5.20. The van der Waals surface area contributed by atoms with Gasteiger partial charge in [-0.1, -0.05) is 13.8 Å². The molecule has 5 heteroatoms. The average Bonchev–Trinajstić information content (AvgIpc) is 2.12. The van der Waals surface area contributed by atoms with E-state index in [1.165, 1.54) is 13.2 Å². The zero-order chi connectivity index (χ0) is 12.0. The van der Waals surface area contributed by atoms with Crippen LogP contribution >= 0.6 is 0 Å². The number of carboxylic acid groups (broad SMARTS) is 1. The molecule has 1 atom stereocenters. The minimum atomic E-state index is -0.942. The molecule has 0 aliphatic heterocycles. The maximum Gasteiger partial charge on any atom is 0.332 e. The second kappa shape index (κ2) is 6.06. The van der Waals surface area contributed by atoms with Crippen LogP contribution in [0.15, 0.2) is 11.8 Å². The van der Waals surface area contributed by atoms with Crippen molar-refractivity contribution in [3.05, 3.63) is 11.8 Å². The fourth-order valence-corrected chi connectivity index (χ4v) is 1.04. The number of aliphatic carboxylic acids is 1. The first kappa shape index (κ1) is 13.5. The first-order valence-corrected chi connectivity index (χ1v) is 4.64. The Balaban J connectivity index is 4.48. The van der Waals surface area contributed by atoms with Crippen LogP contribution in [0.2, 0.25) is 0 Å². The largest absolute Gasteiger partial charge is 0.480 e. The van der Waals surface area contributed by atoms with Crippen molar-refractivity contribution in [3.63, 3.8) is 0 Å². The summed E-state index contributed by atoms with van der Waals surface area (Å²) in [6.07, 6.45) is 1.22. The third-order valence-corrected chi connectivity index (χ3v) is 1.85. The quantitative estimate of drug-likeness (QED) is 0.523. The van der Waals surface area contributed by atoms with Crippen LogP contribution < -0.4 is 5.32 Å². The van der Waals surface area contributed by atoms with Crippen LogP contribution in [0, 0.1) is 5.92 Å². The molecule has 0 aliphatic rings. The number of hydrogen-bond acceptors (Lipinski definition) is 4. The molecular weight excluding hydrogens is 198 g/mol. The van der Waals surface area contributed by atoms with E-state index in [1.807, 2.05) is 0 Å². The van der Waals surface area contributed by atoms with Crippen molar-refractivity contribution in [2.75, 3.05) is 7.11 Å². The molecule has 0 aromatic rings. The SMILES string of the molecule is COC(=O)/C=C(/C)N[C@@H](C(=O)O)C(C)C. The standard InChI is InChI=1S/C10H17NO4/c1-6(2)9(10(13)14)11-7(3)5-8(12)15-4/h5-6,9,11H,1-4H3,(H,13,14)/b7-5-/t9-/m1/s1. The van der Waals surface area contributed by atoms with Crippen LogP contribution in [-0.2, 0) is 14.3 Å². The van der Waals surface area contributed by atoms with Crippen LogP contribution in [0.3, 0.4) is 0 Å². The second-order valence-electron chi connectivity index (χ2n) is 3.55. The summed E-state index contributed by atoms with van der Waals surface area (Å²) >= 11 is 0. The number of allylic oxidation sites excluding steroid dienone is 1. The number of ether oxygens (including phenoxy) is 1. The summed E-state index contributed by atoms with van der Waals surface area (Å²) in [5.74, 6) is -1.51. The Morgan fingerprint density at radius 3 is 2.27 bits per heavy atom. The smallest absolute Gasteiger partial charge is 0.332 e. The molecule has 5 nitrogen and oxygen atoms in total. The van der Waals surface area contributed by atoms with E-state index in [9.17, 15) is 9.59 Å². The lowest BCUT2D eigenvalue weighted by molar-refractivity contribution is -0.140. The van der Waals surface area contributed by atoms with E-state index in [0.29, 0.717) is 5.70 Å². The number of carboxylic acids is 1. The van der Waals surface area contributed by atoms with Gasteiger partial charge in [-0.3, -0.25) is 0 Å². The second-order valence-corrected chi connectivity index (χ2v) is 3.55. The minimum Gasteiger partial charge on any atom is -0.480 e. The fraction of sp³-hybridized carbons (Fsp3) is 0.600. The lowest BCUT2D eigenvalue weighted by Crippen LogP contribution is -2.40. The Kier molecular flexibility index (Phi) is 5.44. The van der Waals surface area contributed by atoms with Gasteiger partial charge in [0.15, 0.2) is 0 Å². The van der Waals surface area contributed by atoms with E-state index in [-0.39, 0.29) is 5.92 Å². The molecule has 86 valence electrons. The normalized spacial score (nSPS) is 13.5. The average molecular weight is 215 g/mol. The van der Waals surface area contributed by atoms with Crippen molar-refractivity contribution in [1.82, 2.24) is 5.32 Å². The molecule has 0 heterocycles. The predicted molar refractivity (Wildman–Crippen MR) is 55.2 cm³/mol. The van der Waals surface area contributed by atoms with Gasteiger partial charge in [-0.2, -0.15) is 0 Å². The molecule has 0 radical (unpaired) electrons. The van der Waals surface area contributed by atoms with Gasteiger partial charge in [0.2, 0.25) is 0 Å². The number of carbonyl (C=O) groups excluding carboxylic acids is 1. The first-order chi connectivity index (χ1) is 6.88. The van der Waals surface area contributed by atoms with Gasteiger partial charge in [0.05, 0.1) is 7.11 Å². The van der Waals surface area contributed by atoms with Gasteiger partial charge in [-0.25, -0.2) is 9.59 Å². The first-order valence-electron chi connectivity index (χ1n) is 4.64. The number of carbonyl (C=O) groups is 2. The van der Waals surface area contributed by atoms with Gasteiger partial charge in [-0.15, -0.1) is 0 Å². The molecular formula is C10H17NO4. The van der Waals surface area contributed by atoms with E-state index in [0.717, 1.165) is 0 Å². The number of hydrogen-bond donors (Lipinski definition) is 2. The van der Waals surface area contributed by atoms with E-state index < -0.39 is 18.0 Å². The highest BCUT2D eigenvalue weighted by Crippen LogP contribution is 2.04. The maximum absolute atomic E-state index is 10.9. The van der Waals surface area contributed by atoms with Crippen molar-refractivity contribution in [2.45, 2.75) is 26.8 Å². The summed E-state index contributed by atoms with van der Waals surface area (Å²) in [5, 5.41) is 11.6. The Labute approximate surface area is 89.1 Å². The van der Waals surface area contributed by atoms with Crippen LogP contribution in [0.5, 0.6) is 0 Å². The van der Waals surface area contributed by atoms with Gasteiger partial charge in [-0.05, 0) is 12.8 Å². The molecule has 0 aromatic carbocycles. The molecule has 0 saturated heterocycles. The van der Waals surface area contributed by atoms with Crippen molar-refractivity contribution < 1.29 is 19.4 Å². The molecule has 0 bridgehead atoms. The highest BCUT2D eigenvalue weighted by Gasteiger charge is 2.20. The lowest BCUT2D eigenvalue weighted by atomic mass is 10.0. The molecule has 0 aromatic heterocycles. The van der Waals surface area contributed by atoms with Crippen molar-refractivity contribution in [3.8, 4) is 0 Å². The van der Waals surface area contributed by atoms with E-state index in [1.54, 1.807) is 20.8 Å². The Morgan fingerprint density at radius 1 is 1.40 bits per heavy atom. The third-order valence-electron chi connectivity index (χ3n) is 1.85. The molecule has 0 amide bonds.